The summed E-state index contributed by atoms with van der Waals surface area (Å²) in [5, 5.41) is 0. The van der Waals surface area contributed by atoms with Gasteiger partial charge in [-0.1, -0.05) is 12.1 Å². The van der Waals surface area contributed by atoms with Gasteiger partial charge < -0.3 is 18.8 Å². The van der Waals surface area contributed by atoms with Gasteiger partial charge in [-0.05, 0) is 32.0 Å². The minimum absolute atomic E-state index is 0.0452. The molecule has 5 nitrogen and oxygen atoms in total. The summed E-state index contributed by atoms with van der Waals surface area (Å²) in [4.78, 5) is 14.3. The van der Waals surface area contributed by atoms with E-state index in [0.29, 0.717) is 31.0 Å². The second kappa shape index (κ2) is 6.13. The van der Waals surface area contributed by atoms with Gasteiger partial charge in [0.25, 0.3) is 5.91 Å². The molecule has 0 saturated heterocycles. The summed E-state index contributed by atoms with van der Waals surface area (Å²) < 4.78 is 16.8. The van der Waals surface area contributed by atoms with E-state index >= 15 is 0 Å². The first kappa shape index (κ1) is 14.5. The van der Waals surface area contributed by atoms with E-state index in [2.05, 4.69) is 0 Å². The van der Waals surface area contributed by atoms with Crippen LogP contribution in [0, 0.1) is 6.92 Å². The van der Waals surface area contributed by atoms with Crippen LogP contribution in [0.4, 0.5) is 0 Å². The van der Waals surface area contributed by atoms with Crippen molar-refractivity contribution in [2.24, 2.45) is 0 Å². The molecule has 1 aromatic carbocycles. The van der Waals surface area contributed by atoms with E-state index in [1.165, 1.54) is 6.26 Å². The van der Waals surface area contributed by atoms with Crippen LogP contribution in [0.2, 0.25) is 0 Å². The van der Waals surface area contributed by atoms with Gasteiger partial charge in [-0.25, -0.2) is 0 Å². The van der Waals surface area contributed by atoms with Gasteiger partial charge in [-0.15, -0.1) is 0 Å². The number of rotatable bonds is 4. The maximum atomic E-state index is 12.5. The van der Waals surface area contributed by atoms with E-state index in [-0.39, 0.29) is 12.0 Å². The number of carbonyl (C=O) groups excluding carboxylic acids is 1. The van der Waals surface area contributed by atoms with Crippen molar-refractivity contribution in [2.75, 3.05) is 19.7 Å². The average molecular weight is 301 g/mol. The Morgan fingerprint density at radius 2 is 2.05 bits per heavy atom. The second-order valence-corrected chi connectivity index (χ2v) is 5.23. The van der Waals surface area contributed by atoms with Crippen LogP contribution in [-0.2, 0) is 0 Å². The van der Waals surface area contributed by atoms with Crippen LogP contribution in [0.15, 0.2) is 41.0 Å². The molecule has 0 bridgehead atoms. The monoisotopic (exact) mass is 301 g/mol. The summed E-state index contributed by atoms with van der Waals surface area (Å²) >= 11 is 0. The van der Waals surface area contributed by atoms with Crippen molar-refractivity contribution >= 4 is 5.91 Å². The summed E-state index contributed by atoms with van der Waals surface area (Å²) in [5.74, 6) is 2.06. The number of ether oxygens (including phenoxy) is 2. The first-order valence-corrected chi connectivity index (χ1v) is 7.41. The Balaban J connectivity index is 1.69. The second-order valence-electron chi connectivity index (χ2n) is 5.23. The Kier molecular flexibility index (Phi) is 4.04. The van der Waals surface area contributed by atoms with Crippen molar-refractivity contribution < 1.29 is 18.7 Å². The van der Waals surface area contributed by atoms with E-state index in [9.17, 15) is 4.79 Å². The van der Waals surface area contributed by atoms with Gasteiger partial charge in [0.05, 0.1) is 18.4 Å². The standard InChI is InChI=1S/C17H19NO4/c1-3-18(17(19)14-8-9-20-12(14)2)10-13-11-21-15-6-4-5-7-16(15)22-13/h4-9,13H,3,10-11H2,1-2H3/t13-/m1/s1. The topological polar surface area (TPSA) is 51.9 Å². The van der Waals surface area contributed by atoms with E-state index in [1.807, 2.05) is 31.2 Å². The molecule has 0 spiro atoms. The van der Waals surface area contributed by atoms with Crippen LogP contribution < -0.4 is 9.47 Å². The fourth-order valence-corrected chi connectivity index (χ4v) is 2.53. The molecule has 5 heteroatoms. The molecule has 1 aromatic heterocycles. The predicted octanol–water partition coefficient (Wildman–Crippen LogP) is 2.89. The lowest BCUT2D eigenvalue weighted by atomic mass is 10.2. The van der Waals surface area contributed by atoms with Crippen molar-refractivity contribution in [3.8, 4) is 11.5 Å². The quantitative estimate of drug-likeness (QED) is 0.871. The lowest BCUT2D eigenvalue weighted by molar-refractivity contribution is 0.0474. The summed E-state index contributed by atoms with van der Waals surface area (Å²) in [6.45, 7) is 5.26. The Hall–Kier alpha value is -2.43. The van der Waals surface area contributed by atoms with Crippen molar-refractivity contribution in [3.63, 3.8) is 0 Å². The fraction of sp³-hybridized carbons (Fsp3) is 0.353. The number of carbonyl (C=O) groups is 1. The molecule has 0 fully saturated rings. The number of nitrogens with zero attached hydrogens (tertiary/aromatic N) is 1. The lowest BCUT2D eigenvalue weighted by Gasteiger charge is -2.30. The van der Waals surface area contributed by atoms with Gasteiger partial charge in [0.15, 0.2) is 17.6 Å². The summed E-state index contributed by atoms with van der Waals surface area (Å²) in [5.41, 5.74) is 0.596. The molecule has 3 rings (SSSR count). The zero-order valence-corrected chi connectivity index (χ0v) is 12.7. The number of hydrogen-bond donors (Lipinski definition) is 0. The van der Waals surface area contributed by atoms with Crippen LogP contribution in [0.5, 0.6) is 11.5 Å². The van der Waals surface area contributed by atoms with Crippen LogP contribution in [0.25, 0.3) is 0 Å². The van der Waals surface area contributed by atoms with Crippen molar-refractivity contribution in [1.82, 2.24) is 4.90 Å². The van der Waals surface area contributed by atoms with Gasteiger partial charge >= 0.3 is 0 Å². The number of furan rings is 1. The number of likely N-dealkylation sites (N-methyl/N-ethyl adjacent to an activating group) is 1. The van der Waals surface area contributed by atoms with E-state index in [4.69, 9.17) is 13.9 Å². The van der Waals surface area contributed by atoms with Crippen molar-refractivity contribution in [2.45, 2.75) is 20.0 Å². The number of benzene rings is 1. The number of amides is 1. The van der Waals surface area contributed by atoms with Crippen LogP contribution in [-0.4, -0.2) is 36.6 Å². The largest absolute Gasteiger partial charge is 0.486 e. The highest BCUT2D eigenvalue weighted by atomic mass is 16.6. The molecular weight excluding hydrogens is 282 g/mol. The Morgan fingerprint density at radius 1 is 1.27 bits per heavy atom. The molecule has 0 radical (unpaired) electrons. The third-order valence-electron chi connectivity index (χ3n) is 3.75. The molecule has 116 valence electrons. The SMILES string of the molecule is CCN(C[C@@H]1COc2ccccc2O1)C(=O)c1ccoc1C. The maximum Gasteiger partial charge on any atom is 0.257 e. The predicted molar refractivity (Wildman–Crippen MR) is 81.4 cm³/mol. The molecular formula is C17H19NO4. The number of aryl methyl sites for hydroxylation is 1. The Bertz CT molecular complexity index is 664. The summed E-state index contributed by atoms with van der Waals surface area (Å²) in [7, 11) is 0. The van der Waals surface area contributed by atoms with E-state index in [1.54, 1.807) is 17.9 Å². The van der Waals surface area contributed by atoms with Crippen LogP contribution in [0.1, 0.15) is 23.0 Å². The van der Waals surface area contributed by atoms with Gasteiger partial charge in [0.1, 0.15) is 12.4 Å². The van der Waals surface area contributed by atoms with Gasteiger partial charge in [-0.2, -0.15) is 0 Å². The van der Waals surface area contributed by atoms with E-state index < -0.39 is 0 Å². The molecule has 0 unspecified atom stereocenters. The molecule has 22 heavy (non-hydrogen) atoms. The zero-order chi connectivity index (χ0) is 15.5. The molecule has 0 aliphatic carbocycles. The number of para-hydroxylation sites is 2. The Labute approximate surface area is 129 Å². The van der Waals surface area contributed by atoms with Gasteiger partial charge in [0.2, 0.25) is 0 Å². The van der Waals surface area contributed by atoms with E-state index in [0.717, 1.165) is 11.5 Å². The highest BCUT2D eigenvalue weighted by Gasteiger charge is 2.26. The molecule has 0 N–H and O–H groups in total. The van der Waals surface area contributed by atoms with Crippen LogP contribution >= 0.6 is 0 Å². The zero-order valence-electron chi connectivity index (χ0n) is 12.7. The molecule has 2 aromatic rings. The summed E-state index contributed by atoms with van der Waals surface area (Å²) in [6, 6.07) is 9.27. The normalized spacial score (nSPS) is 16.4. The molecule has 1 atom stereocenters. The molecule has 0 saturated carbocycles. The highest BCUT2D eigenvalue weighted by molar-refractivity contribution is 5.95. The van der Waals surface area contributed by atoms with Crippen LogP contribution in [0.3, 0.4) is 0 Å². The minimum Gasteiger partial charge on any atom is -0.486 e. The lowest BCUT2D eigenvalue weighted by Crippen LogP contribution is -2.43. The fourth-order valence-electron chi connectivity index (χ4n) is 2.53. The Morgan fingerprint density at radius 3 is 2.73 bits per heavy atom. The number of hydrogen-bond acceptors (Lipinski definition) is 4. The smallest absolute Gasteiger partial charge is 0.257 e. The third kappa shape index (κ3) is 2.79. The van der Waals surface area contributed by atoms with Crippen molar-refractivity contribution in [1.29, 1.82) is 0 Å². The molecule has 1 amide bonds. The average Bonchev–Trinajstić information content (AvgIpc) is 2.98. The van der Waals surface area contributed by atoms with Gasteiger partial charge in [-0.3, -0.25) is 4.79 Å². The van der Waals surface area contributed by atoms with Crippen molar-refractivity contribution in [3.05, 3.63) is 47.9 Å². The third-order valence-corrected chi connectivity index (χ3v) is 3.75. The molecule has 1 aliphatic heterocycles. The first-order valence-electron chi connectivity index (χ1n) is 7.41. The maximum absolute atomic E-state index is 12.5. The molecule has 2 heterocycles. The highest BCUT2D eigenvalue weighted by Crippen LogP contribution is 2.31. The summed E-state index contributed by atoms with van der Waals surface area (Å²) in [6.07, 6.45) is 1.36. The van der Waals surface area contributed by atoms with Gasteiger partial charge in [0, 0.05) is 6.54 Å². The minimum atomic E-state index is -0.175. The first-order chi connectivity index (χ1) is 10.7. The number of fused-ring (bicyclic) bond motifs is 1. The molecule has 1 aliphatic rings.